The van der Waals surface area contributed by atoms with E-state index in [-0.39, 0.29) is 0 Å². The summed E-state index contributed by atoms with van der Waals surface area (Å²) in [6.45, 7) is 4.24. The molecule has 1 unspecified atom stereocenters. The molecular weight excluding hydrogens is 256 g/mol. The van der Waals surface area contributed by atoms with Crippen molar-refractivity contribution in [2.75, 3.05) is 13.1 Å². The molecule has 0 aromatic rings. The Hall–Kier alpha value is -0.760. The Balaban J connectivity index is 1.94. The molecule has 0 amide bonds. The maximum Gasteiger partial charge on any atom is 0.0482 e. The van der Waals surface area contributed by atoms with E-state index in [9.17, 15) is 0 Å². The summed E-state index contributed by atoms with van der Waals surface area (Å²) in [6.07, 6.45) is 23.9. The van der Waals surface area contributed by atoms with Crippen molar-refractivity contribution in [1.29, 1.82) is 0 Å². The molecule has 0 aromatic carbocycles. The van der Waals surface area contributed by atoms with Crippen LogP contribution in [0.3, 0.4) is 0 Å². The van der Waals surface area contributed by atoms with Gasteiger partial charge < -0.3 is 10.6 Å². The minimum absolute atomic E-state index is 0.526. The quantitative estimate of drug-likeness (QED) is 0.483. The highest BCUT2D eigenvalue weighted by molar-refractivity contribution is 5.13. The fourth-order valence-electron chi connectivity index (χ4n) is 3.03. The van der Waals surface area contributed by atoms with Crippen LogP contribution in [0.4, 0.5) is 0 Å². The third-order valence-electron chi connectivity index (χ3n) is 4.38. The van der Waals surface area contributed by atoms with Crippen molar-refractivity contribution in [3.63, 3.8) is 0 Å². The molecule has 0 aliphatic carbocycles. The predicted molar refractivity (Wildman–Crippen MR) is 94.3 cm³/mol. The van der Waals surface area contributed by atoms with E-state index in [1.807, 2.05) is 0 Å². The lowest BCUT2D eigenvalue weighted by molar-refractivity contribution is 0.296. The first kappa shape index (κ1) is 18.3. The number of unbranched alkanes of at least 4 members (excludes halogenated alkanes) is 9. The van der Waals surface area contributed by atoms with Crippen LogP contribution in [0.5, 0.6) is 0 Å². The van der Waals surface area contributed by atoms with Crippen molar-refractivity contribution in [1.82, 2.24) is 4.90 Å². The van der Waals surface area contributed by atoms with Gasteiger partial charge in [-0.25, -0.2) is 0 Å². The van der Waals surface area contributed by atoms with E-state index in [0.717, 1.165) is 13.0 Å². The number of rotatable bonds is 13. The van der Waals surface area contributed by atoms with Gasteiger partial charge in [0.15, 0.2) is 0 Å². The van der Waals surface area contributed by atoms with Gasteiger partial charge in [0.2, 0.25) is 0 Å². The molecule has 122 valence electrons. The van der Waals surface area contributed by atoms with E-state index < -0.39 is 0 Å². The number of hydrogen-bond donors (Lipinski definition) is 1. The lowest BCUT2D eigenvalue weighted by Gasteiger charge is -2.30. The molecule has 0 saturated carbocycles. The number of hydrogen-bond acceptors (Lipinski definition) is 2. The average Bonchev–Trinajstić information content (AvgIpc) is 2.51. The number of nitrogens with zero attached hydrogens (tertiary/aromatic N) is 1. The van der Waals surface area contributed by atoms with Gasteiger partial charge in [-0.15, -0.1) is 0 Å². The number of nitrogens with two attached hydrogens (primary N) is 1. The zero-order valence-corrected chi connectivity index (χ0v) is 14.1. The van der Waals surface area contributed by atoms with Crippen molar-refractivity contribution in [2.24, 2.45) is 5.73 Å². The van der Waals surface area contributed by atoms with Crippen LogP contribution in [0.1, 0.15) is 77.6 Å². The molecule has 0 aromatic heterocycles. The van der Waals surface area contributed by atoms with Crippen molar-refractivity contribution >= 4 is 0 Å². The second kappa shape index (κ2) is 12.9. The maximum absolute atomic E-state index is 5.69. The highest BCUT2D eigenvalue weighted by Crippen LogP contribution is 2.14. The van der Waals surface area contributed by atoms with Crippen LogP contribution in [-0.2, 0) is 0 Å². The molecule has 1 aliphatic rings. The van der Waals surface area contributed by atoms with Gasteiger partial charge in [0.25, 0.3) is 0 Å². The maximum atomic E-state index is 5.69. The Bertz CT molecular complexity index is 283. The third kappa shape index (κ3) is 8.98. The van der Waals surface area contributed by atoms with Crippen molar-refractivity contribution in [3.8, 4) is 0 Å². The highest BCUT2D eigenvalue weighted by Gasteiger charge is 2.12. The summed E-state index contributed by atoms with van der Waals surface area (Å²) in [5.74, 6) is 0. The molecule has 0 saturated heterocycles. The molecule has 21 heavy (non-hydrogen) atoms. The van der Waals surface area contributed by atoms with Crippen molar-refractivity contribution in [3.05, 3.63) is 24.4 Å². The summed E-state index contributed by atoms with van der Waals surface area (Å²) in [6, 6.07) is 0.526. The summed E-state index contributed by atoms with van der Waals surface area (Å²) in [5.41, 5.74) is 5.69. The molecule has 2 heteroatoms. The summed E-state index contributed by atoms with van der Waals surface area (Å²) in [5, 5.41) is 0. The van der Waals surface area contributed by atoms with E-state index in [1.54, 1.807) is 0 Å². The SMILES string of the molecule is CCCCCCCCCCCCN1C=CC=CC1CCN. The van der Waals surface area contributed by atoms with E-state index in [2.05, 4.69) is 36.3 Å². The third-order valence-corrected chi connectivity index (χ3v) is 4.38. The minimum Gasteiger partial charge on any atom is -0.371 e. The largest absolute Gasteiger partial charge is 0.371 e. The zero-order chi connectivity index (χ0) is 15.2. The molecule has 2 N–H and O–H groups in total. The highest BCUT2D eigenvalue weighted by atomic mass is 15.1. The molecule has 1 aliphatic heterocycles. The van der Waals surface area contributed by atoms with Crippen LogP contribution in [-0.4, -0.2) is 24.0 Å². The molecule has 1 rings (SSSR count). The molecule has 1 atom stereocenters. The first-order valence-corrected chi connectivity index (χ1v) is 9.19. The van der Waals surface area contributed by atoms with Gasteiger partial charge in [-0.1, -0.05) is 76.9 Å². The fraction of sp³-hybridized carbons (Fsp3) is 0.789. The topological polar surface area (TPSA) is 29.3 Å². The molecule has 0 fully saturated rings. The first-order chi connectivity index (χ1) is 10.4. The number of allylic oxidation sites excluding steroid dienone is 2. The Kier molecular flexibility index (Phi) is 11.3. The standard InChI is InChI=1S/C19H36N2/c1-2-3-4-5-6-7-8-9-10-12-17-21-18-13-11-14-19(21)15-16-20/h11,13-14,18-19H,2-10,12,15-17,20H2,1H3. The van der Waals surface area contributed by atoms with Crippen LogP contribution in [0.25, 0.3) is 0 Å². The average molecular weight is 293 g/mol. The van der Waals surface area contributed by atoms with Crippen LogP contribution < -0.4 is 5.73 Å². The summed E-state index contributed by atoms with van der Waals surface area (Å²) < 4.78 is 0. The predicted octanol–water partition coefficient (Wildman–Crippen LogP) is 5.01. The minimum atomic E-state index is 0.526. The lowest BCUT2D eigenvalue weighted by atomic mass is 10.1. The summed E-state index contributed by atoms with van der Waals surface area (Å²) in [7, 11) is 0. The lowest BCUT2D eigenvalue weighted by Crippen LogP contribution is -2.33. The van der Waals surface area contributed by atoms with Crippen molar-refractivity contribution < 1.29 is 0 Å². The van der Waals surface area contributed by atoms with Gasteiger partial charge >= 0.3 is 0 Å². The van der Waals surface area contributed by atoms with Crippen LogP contribution >= 0.6 is 0 Å². The smallest absolute Gasteiger partial charge is 0.0482 e. The Labute approximate surface area is 132 Å². The summed E-state index contributed by atoms with van der Waals surface area (Å²) >= 11 is 0. The Morgan fingerprint density at radius 1 is 0.857 bits per heavy atom. The summed E-state index contributed by atoms with van der Waals surface area (Å²) in [4.78, 5) is 2.46. The van der Waals surface area contributed by atoms with Crippen LogP contribution in [0.15, 0.2) is 24.4 Å². The molecule has 0 spiro atoms. The second-order valence-corrected chi connectivity index (χ2v) is 6.29. The molecular formula is C19H36N2. The van der Waals surface area contributed by atoms with Gasteiger partial charge in [-0.05, 0) is 31.7 Å². The monoisotopic (exact) mass is 292 g/mol. The van der Waals surface area contributed by atoms with E-state index in [1.165, 1.54) is 70.8 Å². The van der Waals surface area contributed by atoms with Crippen LogP contribution in [0.2, 0.25) is 0 Å². The van der Waals surface area contributed by atoms with Crippen LogP contribution in [0, 0.1) is 0 Å². The molecule has 1 heterocycles. The molecule has 0 bridgehead atoms. The zero-order valence-electron chi connectivity index (χ0n) is 14.1. The first-order valence-electron chi connectivity index (χ1n) is 9.19. The molecule has 0 radical (unpaired) electrons. The fourth-order valence-corrected chi connectivity index (χ4v) is 3.03. The van der Waals surface area contributed by atoms with Gasteiger partial charge in [0.05, 0.1) is 0 Å². The Morgan fingerprint density at radius 2 is 1.48 bits per heavy atom. The van der Waals surface area contributed by atoms with Gasteiger partial charge in [0, 0.05) is 12.6 Å². The van der Waals surface area contributed by atoms with E-state index >= 15 is 0 Å². The Morgan fingerprint density at radius 3 is 2.10 bits per heavy atom. The van der Waals surface area contributed by atoms with E-state index in [4.69, 9.17) is 5.73 Å². The van der Waals surface area contributed by atoms with Gasteiger partial charge in [-0.2, -0.15) is 0 Å². The van der Waals surface area contributed by atoms with Gasteiger partial charge in [-0.3, -0.25) is 0 Å². The second-order valence-electron chi connectivity index (χ2n) is 6.29. The van der Waals surface area contributed by atoms with E-state index in [0.29, 0.717) is 6.04 Å². The normalized spacial score (nSPS) is 17.6. The van der Waals surface area contributed by atoms with Crippen molar-refractivity contribution in [2.45, 2.75) is 83.6 Å². The molecule has 2 nitrogen and oxygen atoms in total. The van der Waals surface area contributed by atoms with Gasteiger partial charge in [0.1, 0.15) is 0 Å².